The number of esters is 1. The third kappa shape index (κ3) is 8.35. The molecule has 0 aromatic carbocycles. The lowest BCUT2D eigenvalue weighted by molar-refractivity contribution is -0.163. The van der Waals surface area contributed by atoms with Crippen molar-refractivity contribution in [1.29, 1.82) is 0 Å². The Bertz CT molecular complexity index is 385. The molecule has 0 aliphatic carbocycles. The number of hydrogen-bond acceptors (Lipinski definition) is 7. The normalized spacial score (nSPS) is 12.9. The summed E-state index contributed by atoms with van der Waals surface area (Å²) in [6.45, 7) is 3.87. The first-order valence-corrected chi connectivity index (χ1v) is 6.70. The van der Waals surface area contributed by atoms with Gasteiger partial charge in [-0.3, -0.25) is 14.4 Å². The lowest BCUT2D eigenvalue weighted by atomic mass is 10.4. The highest BCUT2D eigenvalue weighted by Crippen LogP contribution is 2.15. The van der Waals surface area contributed by atoms with Crippen molar-refractivity contribution in [2.75, 3.05) is 6.54 Å². The van der Waals surface area contributed by atoms with Crippen LogP contribution in [0.5, 0.6) is 0 Å². The number of nitrogens with one attached hydrogen (secondary N) is 1. The first-order valence-electron chi connectivity index (χ1n) is 5.82. The summed E-state index contributed by atoms with van der Waals surface area (Å²) >= 11 is 0.565. The van der Waals surface area contributed by atoms with E-state index in [1.807, 2.05) is 0 Å². The average Bonchev–Trinajstić information content (AvgIpc) is 2.34. The van der Waals surface area contributed by atoms with Crippen LogP contribution < -0.4 is 5.32 Å². The number of aliphatic carboxylic acids is 1. The van der Waals surface area contributed by atoms with Gasteiger partial charge in [0.1, 0.15) is 6.54 Å². The smallest absolute Gasteiger partial charge is 0.371 e. The second kappa shape index (κ2) is 9.18. The van der Waals surface area contributed by atoms with E-state index < -0.39 is 41.2 Å². The van der Waals surface area contributed by atoms with Crippen LogP contribution in [0.2, 0.25) is 0 Å². The van der Waals surface area contributed by atoms with Gasteiger partial charge in [0.15, 0.2) is 0 Å². The molecule has 0 rings (SSSR count). The van der Waals surface area contributed by atoms with E-state index in [0.717, 1.165) is 0 Å². The molecule has 0 spiro atoms. The molecule has 0 aromatic heterocycles. The quantitative estimate of drug-likeness (QED) is 0.522. The highest BCUT2D eigenvalue weighted by Gasteiger charge is 2.21. The average molecular weight is 307 g/mol. The van der Waals surface area contributed by atoms with Crippen molar-refractivity contribution in [1.82, 2.24) is 5.32 Å². The van der Waals surface area contributed by atoms with Crippen molar-refractivity contribution in [2.45, 2.75) is 38.7 Å². The lowest BCUT2D eigenvalue weighted by Crippen LogP contribution is -2.35. The topological polar surface area (TPSA) is 119 Å². The molecule has 0 aliphatic heterocycles. The maximum absolute atomic E-state index is 11.4. The molecule has 1 amide bonds. The molecule has 0 radical (unpaired) electrons. The Morgan fingerprint density at radius 1 is 1.20 bits per heavy atom. The molecule has 20 heavy (non-hydrogen) atoms. The molecule has 8 nitrogen and oxygen atoms in total. The Balaban J connectivity index is 4.09. The van der Waals surface area contributed by atoms with Crippen LogP contribution in [0.15, 0.2) is 0 Å². The summed E-state index contributed by atoms with van der Waals surface area (Å²) in [5.41, 5.74) is 0. The highest BCUT2D eigenvalue weighted by molar-refractivity contribution is 8.14. The molecule has 2 N–H and O–H groups in total. The Morgan fingerprint density at radius 2 is 1.80 bits per heavy atom. The highest BCUT2D eigenvalue weighted by atomic mass is 32.2. The molecule has 0 bridgehead atoms. The van der Waals surface area contributed by atoms with Crippen molar-refractivity contribution in [3.05, 3.63) is 0 Å². The minimum absolute atomic E-state index is 0.156. The summed E-state index contributed by atoms with van der Waals surface area (Å²) in [4.78, 5) is 44.0. The fourth-order valence-corrected chi connectivity index (χ4v) is 1.63. The number of ether oxygens (including phenoxy) is 2. The predicted molar refractivity (Wildman–Crippen MR) is 70.0 cm³/mol. The van der Waals surface area contributed by atoms with E-state index >= 15 is 0 Å². The molecule has 1 unspecified atom stereocenters. The Labute approximate surface area is 120 Å². The third-order valence-electron chi connectivity index (χ3n) is 1.90. The standard InChI is InChI=1S/C11H17NO7S/c1-4-9(15)18-7(3)19-11(17)20-6(2)10(16)12-5-8(13)14/h6-7H,4-5H2,1-3H3,(H,12,16)(H,13,14)/t6?,7-/m1/s1. The van der Waals surface area contributed by atoms with Crippen LogP contribution in [0.25, 0.3) is 0 Å². The van der Waals surface area contributed by atoms with Gasteiger partial charge in [-0.05, 0) is 18.7 Å². The van der Waals surface area contributed by atoms with Gasteiger partial charge in [0.05, 0.1) is 5.25 Å². The number of hydrogen-bond donors (Lipinski definition) is 2. The molecular formula is C11H17NO7S. The van der Waals surface area contributed by atoms with Crippen LogP contribution in [-0.4, -0.2) is 46.3 Å². The van der Waals surface area contributed by atoms with Crippen molar-refractivity contribution in [3.63, 3.8) is 0 Å². The molecule has 0 fully saturated rings. The van der Waals surface area contributed by atoms with Crippen LogP contribution in [0.1, 0.15) is 27.2 Å². The number of thioether (sulfide) groups is 1. The molecular weight excluding hydrogens is 290 g/mol. The summed E-state index contributed by atoms with van der Waals surface area (Å²) < 4.78 is 9.47. The monoisotopic (exact) mass is 307 g/mol. The minimum Gasteiger partial charge on any atom is -0.480 e. The van der Waals surface area contributed by atoms with E-state index in [-0.39, 0.29) is 6.42 Å². The van der Waals surface area contributed by atoms with Gasteiger partial charge in [-0.1, -0.05) is 6.92 Å². The minimum atomic E-state index is -1.18. The molecule has 0 saturated carbocycles. The van der Waals surface area contributed by atoms with E-state index in [4.69, 9.17) is 14.6 Å². The summed E-state index contributed by atoms with van der Waals surface area (Å²) in [5, 5.41) is 8.90. The molecule has 114 valence electrons. The van der Waals surface area contributed by atoms with Crippen molar-refractivity contribution < 1.29 is 33.8 Å². The third-order valence-corrected chi connectivity index (χ3v) is 2.76. The van der Waals surface area contributed by atoms with E-state index in [1.165, 1.54) is 13.8 Å². The Hall–Kier alpha value is -1.77. The van der Waals surface area contributed by atoms with Gasteiger partial charge in [-0.2, -0.15) is 0 Å². The first-order chi connectivity index (χ1) is 9.26. The summed E-state index contributed by atoms with van der Waals surface area (Å²) in [6, 6.07) is 0. The largest absolute Gasteiger partial charge is 0.480 e. The maximum Gasteiger partial charge on any atom is 0.371 e. The molecule has 2 atom stereocenters. The number of carboxylic acids is 1. The van der Waals surface area contributed by atoms with Crippen LogP contribution >= 0.6 is 11.8 Å². The predicted octanol–water partition coefficient (Wildman–Crippen LogP) is 0.745. The Kier molecular flexibility index (Phi) is 8.37. The first kappa shape index (κ1) is 18.2. The van der Waals surface area contributed by atoms with Crippen LogP contribution in [0.4, 0.5) is 4.79 Å². The number of carboxylic acid groups (broad SMARTS) is 1. The van der Waals surface area contributed by atoms with Crippen LogP contribution in [0.3, 0.4) is 0 Å². The van der Waals surface area contributed by atoms with E-state index in [9.17, 15) is 19.2 Å². The molecule has 0 aliphatic rings. The second-order valence-corrected chi connectivity index (χ2v) is 4.93. The zero-order valence-electron chi connectivity index (χ0n) is 11.4. The van der Waals surface area contributed by atoms with E-state index in [0.29, 0.717) is 11.8 Å². The van der Waals surface area contributed by atoms with Gasteiger partial charge in [0.2, 0.25) is 12.2 Å². The SMILES string of the molecule is CCC(=O)O[C@@H](C)OC(=O)SC(C)C(=O)NCC(=O)O. The number of carbonyl (C=O) groups is 4. The molecule has 0 saturated heterocycles. The summed E-state index contributed by atoms with van der Waals surface area (Å²) in [5.74, 6) is -2.30. The number of rotatable bonds is 7. The van der Waals surface area contributed by atoms with Gasteiger partial charge >= 0.3 is 17.2 Å². The fraction of sp³-hybridized carbons (Fsp3) is 0.636. The zero-order valence-corrected chi connectivity index (χ0v) is 12.2. The van der Waals surface area contributed by atoms with Gasteiger partial charge in [-0.15, -0.1) is 0 Å². The van der Waals surface area contributed by atoms with E-state index in [1.54, 1.807) is 6.92 Å². The van der Waals surface area contributed by atoms with Gasteiger partial charge in [-0.25, -0.2) is 4.79 Å². The van der Waals surface area contributed by atoms with E-state index in [2.05, 4.69) is 5.32 Å². The van der Waals surface area contributed by atoms with Gasteiger partial charge < -0.3 is 19.9 Å². The molecule has 9 heteroatoms. The Morgan fingerprint density at radius 3 is 2.30 bits per heavy atom. The number of carbonyl (C=O) groups excluding carboxylic acids is 3. The van der Waals surface area contributed by atoms with Gasteiger partial charge in [0.25, 0.3) is 0 Å². The molecule has 0 aromatic rings. The lowest BCUT2D eigenvalue weighted by Gasteiger charge is -2.15. The second-order valence-electron chi connectivity index (χ2n) is 3.65. The maximum atomic E-state index is 11.4. The number of amides is 1. The zero-order chi connectivity index (χ0) is 15.7. The fourth-order valence-electron chi connectivity index (χ4n) is 0.960. The van der Waals surface area contributed by atoms with Crippen molar-refractivity contribution >= 4 is 34.9 Å². The molecule has 0 heterocycles. The van der Waals surface area contributed by atoms with Crippen molar-refractivity contribution in [2.24, 2.45) is 0 Å². The summed E-state index contributed by atoms with van der Waals surface area (Å²) in [6.07, 6.45) is -0.889. The van der Waals surface area contributed by atoms with Gasteiger partial charge in [0, 0.05) is 13.3 Å². The van der Waals surface area contributed by atoms with Crippen molar-refractivity contribution in [3.8, 4) is 0 Å². The van der Waals surface area contributed by atoms with Crippen LogP contribution in [0, 0.1) is 0 Å². The summed E-state index contributed by atoms with van der Waals surface area (Å²) in [7, 11) is 0. The van der Waals surface area contributed by atoms with Crippen LogP contribution in [-0.2, 0) is 23.9 Å².